The summed E-state index contributed by atoms with van der Waals surface area (Å²) in [6.07, 6.45) is 1.21. The Bertz CT molecular complexity index is 785. The summed E-state index contributed by atoms with van der Waals surface area (Å²) >= 11 is 7.45. The predicted octanol–water partition coefficient (Wildman–Crippen LogP) is 3.93. The number of hydrogen-bond donors (Lipinski definition) is 1. The molecule has 0 aromatic heterocycles. The first-order valence-electron chi connectivity index (χ1n) is 8.00. The van der Waals surface area contributed by atoms with E-state index in [2.05, 4.69) is 5.32 Å². The molecule has 0 saturated carbocycles. The second kappa shape index (κ2) is 9.50. The average molecular weight is 393 g/mol. The highest BCUT2D eigenvalue weighted by molar-refractivity contribution is 7.98. The predicted molar refractivity (Wildman–Crippen MR) is 106 cm³/mol. The molecule has 2 aromatic carbocycles. The van der Waals surface area contributed by atoms with Crippen molar-refractivity contribution in [3.05, 3.63) is 53.6 Å². The molecule has 1 unspecified atom stereocenters. The molecule has 0 fully saturated rings. The Kier molecular flexibility index (Phi) is 7.36. The smallest absolute Gasteiger partial charge is 0.263 e. The van der Waals surface area contributed by atoms with Crippen molar-refractivity contribution in [1.29, 1.82) is 0 Å². The number of para-hydroxylation sites is 1. The Balaban J connectivity index is 1.92. The molecular weight excluding hydrogens is 372 g/mol. The minimum absolute atomic E-state index is 0.0647. The summed E-state index contributed by atoms with van der Waals surface area (Å²) in [5, 5.41) is 3.36. The van der Waals surface area contributed by atoms with Gasteiger partial charge in [-0.05, 0) is 43.5 Å². The fraction of sp³-hybridized carbons (Fsp3) is 0.263. The van der Waals surface area contributed by atoms with Gasteiger partial charge in [-0.1, -0.05) is 29.8 Å². The molecule has 0 saturated heterocycles. The number of halogens is 1. The monoisotopic (exact) mass is 392 g/mol. The van der Waals surface area contributed by atoms with Crippen molar-refractivity contribution < 1.29 is 14.3 Å². The average Bonchev–Trinajstić information content (AvgIpc) is 2.61. The third-order valence-corrected chi connectivity index (χ3v) is 4.63. The van der Waals surface area contributed by atoms with Crippen LogP contribution in [0.1, 0.15) is 6.92 Å². The molecule has 0 aliphatic carbocycles. The lowest BCUT2D eigenvalue weighted by Gasteiger charge is -2.22. The molecule has 0 radical (unpaired) electrons. The number of nitrogens with one attached hydrogen (secondary N) is 1. The van der Waals surface area contributed by atoms with Crippen molar-refractivity contribution >= 4 is 40.9 Å². The summed E-state index contributed by atoms with van der Waals surface area (Å²) in [4.78, 5) is 27.0. The van der Waals surface area contributed by atoms with E-state index in [1.807, 2.05) is 30.5 Å². The van der Waals surface area contributed by atoms with Gasteiger partial charge >= 0.3 is 0 Å². The number of carbonyl (C=O) groups is 2. The molecule has 0 aliphatic rings. The number of ether oxygens (including phenoxy) is 1. The van der Waals surface area contributed by atoms with Gasteiger partial charge in [0, 0.05) is 17.0 Å². The van der Waals surface area contributed by atoms with Crippen LogP contribution < -0.4 is 10.1 Å². The topological polar surface area (TPSA) is 58.6 Å². The van der Waals surface area contributed by atoms with E-state index in [0.29, 0.717) is 10.8 Å². The maximum absolute atomic E-state index is 12.4. The number of carbonyl (C=O) groups excluding carboxylic acids is 2. The summed E-state index contributed by atoms with van der Waals surface area (Å²) in [6, 6.07) is 14.3. The Labute approximate surface area is 162 Å². The third kappa shape index (κ3) is 5.68. The second-order valence-corrected chi connectivity index (χ2v) is 6.94. The van der Waals surface area contributed by atoms with E-state index in [1.165, 1.54) is 4.90 Å². The minimum Gasteiger partial charge on any atom is -0.481 e. The van der Waals surface area contributed by atoms with Gasteiger partial charge in [0.25, 0.3) is 5.91 Å². The summed E-state index contributed by atoms with van der Waals surface area (Å²) in [5.41, 5.74) is 0.731. The lowest BCUT2D eigenvalue weighted by atomic mass is 10.3. The van der Waals surface area contributed by atoms with Crippen LogP contribution in [0.2, 0.25) is 5.02 Å². The van der Waals surface area contributed by atoms with Crippen molar-refractivity contribution in [1.82, 2.24) is 4.90 Å². The molecule has 0 heterocycles. The molecule has 26 heavy (non-hydrogen) atoms. The minimum atomic E-state index is -0.732. The zero-order valence-electron chi connectivity index (χ0n) is 14.9. The Morgan fingerprint density at radius 3 is 2.65 bits per heavy atom. The van der Waals surface area contributed by atoms with Crippen molar-refractivity contribution in [2.45, 2.75) is 17.9 Å². The van der Waals surface area contributed by atoms with E-state index in [9.17, 15) is 9.59 Å². The first-order valence-corrected chi connectivity index (χ1v) is 9.61. The van der Waals surface area contributed by atoms with Crippen LogP contribution in [0.3, 0.4) is 0 Å². The van der Waals surface area contributed by atoms with Crippen LogP contribution >= 0.6 is 23.4 Å². The van der Waals surface area contributed by atoms with Crippen LogP contribution in [0.25, 0.3) is 0 Å². The molecule has 2 aromatic rings. The number of benzene rings is 2. The Morgan fingerprint density at radius 2 is 1.96 bits per heavy atom. The highest BCUT2D eigenvalue weighted by atomic mass is 35.5. The normalized spacial score (nSPS) is 11.5. The number of likely N-dealkylation sites (N-methyl/N-ethyl adjacent to an activating group) is 1. The standard InChI is InChI=1S/C19H21ClN2O3S/c1-13(25-15-8-6-7-14(20)11-15)19(24)22(2)12-18(23)21-16-9-4-5-10-17(16)26-3/h4-11,13H,12H2,1-3H3,(H,21,23). The van der Waals surface area contributed by atoms with E-state index in [0.717, 1.165) is 10.6 Å². The highest BCUT2D eigenvalue weighted by Crippen LogP contribution is 2.24. The van der Waals surface area contributed by atoms with Crippen LogP contribution in [0, 0.1) is 0 Å². The van der Waals surface area contributed by atoms with E-state index < -0.39 is 6.10 Å². The Hall–Kier alpha value is -2.18. The fourth-order valence-electron chi connectivity index (χ4n) is 2.34. The number of anilines is 1. The van der Waals surface area contributed by atoms with Crippen LogP contribution in [-0.4, -0.2) is 42.7 Å². The lowest BCUT2D eigenvalue weighted by molar-refractivity contribution is -0.139. The van der Waals surface area contributed by atoms with Gasteiger partial charge in [0.05, 0.1) is 12.2 Å². The van der Waals surface area contributed by atoms with Gasteiger partial charge in [-0.15, -0.1) is 11.8 Å². The zero-order chi connectivity index (χ0) is 19.1. The van der Waals surface area contributed by atoms with Gasteiger partial charge in [0.2, 0.25) is 5.91 Å². The number of hydrogen-bond acceptors (Lipinski definition) is 4. The molecule has 5 nitrogen and oxygen atoms in total. The molecule has 0 aliphatic heterocycles. The Morgan fingerprint density at radius 1 is 1.23 bits per heavy atom. The van der Waals surface area contributed by atoms with Gasteiger partial charge in [-0.3, -0.25) is 9.59 Å². The van der Waals surface area contributed by atoms with Crippen LogP contribution in [0.15, 0.2) is 53.4 Å². The highest BCUT2D eigenvalue weighted by Gasteiger charge is 2.21. The first kappa shape index (κ1) is 20.1. The number of thioether (sulfide) groups is 1. The molecule has 138 valence electrons. The molecular formula is C19H21ClN2O3S. The summed E-state index contributed by atoms with van der Waals surface area (Å²) < 4.78 is 5.60. The van der Waals surface area contributed by atoms with Crippen molar-refractivity contribution in [2.24, 2.45) is 0 Å². The lowest BCUT2D eigenvalue weighted by Crippen LogP contribution is -2.42. The van der Waals surface area contributed by atoms with E-state index >= 15 is 0 Å². The number of amides is 2. The van der Waals surface area contributed by atoms with Crippen LogP contribution in [0.4, 0.5) is 5.69 Å². The van der Waals surface area contributed by atoms with Gasteiger partial charge in [0.1, 0.15) is 5.75 Å². The SMILES string of the molecule is CSc1ccccc1NC(=O)CN(C)C(=O)C(C)Oc1cccc(Cl)c1. The number of rotatable bonds is 7. The largest absolute Gasteiger partial charge is 0.481 e. The van der Waals surface area contributed by atoms with Crippen molar-refractivity contribution in [3.8, 4) is 5.75 Å². The summed E-state index contributed by atoms with van der Waals surface area (Å²) in [6.45, 7) is 1.57. The van der Waals surface area contributed by atoms with Crippen molar-refractivity contribution in [3.63, 3.8) is 0 Å². The fourth-order valence-corrected chi connectivity index (χ4v) is 3.07. The maximum atomic E-state index is 12.4. The molecule has 2 amide bonds. The molecule has 0 bridgehead atoms. The van der Waals surface area contributed by atoms with Gasteiger partial charge in [-0.25, -0.2) is 0 Å². The summed E-state index contributed by atoms with van der Waals surface area (Å²) in [7, 11) is 1.57. The molecule has 1 N–H and O–H groups in total. The second-order valence-electron chi connectivity index (χ2n) is 5.66. The molecule has 0 spiro atoms. The summed E-state index contributed by atoms with van der Waals surface area (Å²) in [5.74, 6) is -0.0549. The molecule has 7 heteroatoms. The molecule has 1 atom stereocenters. The maximum Gasteiger partial charge on any atom is 0.263 e. The van der Waals surface area contributed by atoms with Crippen LogP contribution in [-0.2, 0) is 9.59 Å². The van der Waals surface area contributed by atoms with E-state index in [-0.39, 0.29) is 18.4 Å². The van der Waals surface area contributed by atoms with E-state index in [1.54, 1.807) is 50.0 Å². The van der Waals surface area contributed by atoms with Gasteiger partial charge in [0.15, 0.2) is 6.10 Å². The quantitative estimate of drug-likeness (QED) is 0.725. The zero-order valence-corrected chi connectivity index (χ0v) is 16.4. The van der Waals surface area contributed by atoms with Crippen molar-refractivity contribution in [2.75, 3.05) is 25.2 Å². The third-order valence-electron chi connectivity index (χ3n) is 3.59. The first-order chi connectivity index (χ1) is 12.4. The van der Waals surface area contributed by atoms with E-state index in [4.69, 9.17) is 16.3 Å². The van der Waals surface area contributed by atoms with Crippen LogP contribution in [0.5, 0.6) is 5.75 Å². The van der Waals surface area contributed by atoms with Gasteiger partial charge in [-0.2, -0.15) is 0 Å². The van der Waals surface area contributed by atoms with Gasteiger partial charge < -0.3 is 15.0 Å². The molecule has 2 rings (SSSR count). The number of nitrogens with zero attached hydrogens (tertiary/aromatic N) is 1.